The second-order valence-corrected chi connectivity index (χ2v) is 9.87. The fraction of sp³-hybridized carbons (Fsp3) is 0.714. The molecule has 0 saturated carbocycles. The molecule has 0 aromatic heterocycles. The average Bonchev–Trinajstić information content (AvgIpc) is 2.59. The standard InChI is InChI=1S/C14H23N2O9PS2/c1-14(2)8-24-26(22,23)25-11(14)12(19)16-4-3-9(17)15-5-6-27-10(18)7-28-13(20)21/h11H,3-8H2,1-2H3,(H,15,17)(H,16,19)(H,20,21)(H,22,23)/t11-/m0/s1. The van der Waals surface area contributed by atoms with Crippen molar-refractivity contribution in [2.24, 2.45) is 5.41 Å². The summed E-state index contributed by atoms with van der Waals surface area (Å²) >= 11 is 1.42. The van der Waals surface area contributed by atoms with Gasteiger partial charge in [0, 0.05) is 30.7 Å². The van der Waals surface area contributed by atoms with Crippen LogP contribution in [0.2, 0.25) is 0 Å². The van der Waals surface area contributed by atoms with Gasteiger partial charge >= 0.3 is 13.1 Å². The third kappa shape index (κ3) is 9.39. The molecule has 1 aliphatic heterocycles. The lowest BCUT2D eigenvalue weighted by molar-refractivity contribution is -0.141. The zero-order chi connectivity index (χ0) is 21.4. The van der Waals surface area contributed by atoms with Crippen molar-refractivity contribution in [2.75, 3.05) is 31.2 Å². The number of phosphoric acid groups is 1. The van der Waals surface area contributed by atoms with Crippen LogP contribution in [0, 0.1) is 5.41 Å². The van der Waals surface area contributed by atoms with Crippen molar-refractivity contribution in [1.29, 1.82) is 0 Å². The van der Waals surface area contributed by atoms with Gasteiger partial charge in [0.05, 0.1) is 12.4 Å². The minimum absolute atomic E-state index is 0.00147. The topological polar surface area (TPSA) is 168 Å². The fourth-order valence-electron chi connectivity index (χ4n) is 2.03. The van der Waals surface area contributed by atoms with Gasteiger partial charge in [-0.1, -0.05) is 25.6 Å². The predicted octanol–water partition coefficient (Wildman–Crippen LogP) is 0.822. The normalized spacial score (nSPS) is 23.6. The van der Waals surface area contributed by atoms with Gasteiger partial charge in [0.2, 0.25) is 11.8 Å². The molecule has 0 radical (unpaired) electrons. The van der Waals surface area contributed by atoms with Gasteiger partial charge in [-0.25, -0.2) is 9.36 Å². The lowest BCUT2D eigenvalue weighted by Crippen LogP contribution is -2.49. The lowest BCUT2D eigenvalue weighted by Gasteiger charge is -2.38. The number of rotatable bonds is 9. The molecular formula is C14H23N2O9PS2. The molecule has 2 amide bonds. The van der Waals surface area contributed by atoms with Gasteiger partial charge in [-0.15, -0.1) is 0 Å². The van der Waals surface area contributed by atoms with Crippen molar-refractivity contribution < 1.29 is 42.8 Å². The molecule has 0 aromatic rings. The minimum atomic E-state index is -4.27. The molecule has 0 bridgehead atoms. The van der Waals surface area contributed by atoms with E-state index in [0.29, 0.717) is 17.5 Å². The third-order valence-corrected chi connectivity index (χ3v) is 6.08. The van der Waals surface area contributed by atoms with E-state index in [2.05, 4.69) is 10.6 Å². The first-order valence-corrected chi connectivity index (χ1v) is 11.6. The maximum absolute atomic E-state index is 12.2. The third-order valence-electron chi connectivity index (χ3n) is 3.44. The second-order valence-electron chi connectivity index (χ2n) is 6.38. The van der Waals surface area contributed by atoms with Crippen LogP contribution in [0.5, 0.6) is 0 Å². The molecule has 1 saturated heterocycles. The maximum Gasteiger partial charge on any atom is 0.472 e. The highest BCUT2D eigenvalue weighted by Gasteiger charge is 2.47. The van der Waals surface area contributed by atoms with Crippen molar-refractivity contribution in [2.45, 2.75) is 26.4 Å². The van der Waals surface area contributed by atoms with E-state index in [0.717, 1.165) is 11.8 Å². The van der Waals surface area contributed by atoms with E-state index in [9.17, 15) is 28.6 Å². The Labute approximate surface area is 170 Å². The molecule has 1 heterocycles. The van der Waals surface area contributed by atoms with E-state index in [1.807, 2.05) is 0 Å². The highest BCUT2D eigenvalue weighted by molar-refractivity contribution is 8.19. The Morgan fingerprint density at radius 2 is 1.86 bits per heavy atom. The van der Waals surface area contributed by atoms with E-state index in [1.54, 1.807) is 13.8 Å². The molecule has 0 aromatic carbocycles. The van der Waals surface area contributed by atoms with Gasteiger partial charge in [-0.05, 0) is 11.8 Å². The SMILES string of the molecule is CC1(C)COP(=O)(O)O[C@H]1C(=O)NCCC(=O)NCCSC(=O)CSC(=O)O. The largest absolute Gasteiger partial charge is 0.473 e. The molecule has 160 valence electrons. The summed E-state index contributed by atoms with van der Waals surface area (Å²) in [7, 11) is -4.27. The first-order valence-electron chi connectivity index (χ1n) is 8.14. The Hall–Kier alpha value is -1.11. The van der Waals surface area contributed by atoms with Crippen molar-refractivity contribution in [3.8, 4) is 0 Å². The molecule has 4 N–H and O–H groups in total. The average molecular weight is 458 g/mol. The van der Waals surface area contributed by atoms with Gasteiger partial charge in [0.1, 0.15) is 0 Å². The van der Waals surface area contributed by atoms with Crippen LogP contribution in [-0.4, -0.2) is 69.5 Å². The van der Waals surface area contributed by atoms with Crippen LogP contribution in [0.3, 0.4) is 0 Å². The number of carboxylic acid groups (broad SMARTS) is 1. The zero-order valence-electron chi connectivity index (χ0n) is 15.3. The molecule has 1 unspecified atom stereocenters. The Kier molecular flexibility index (Phi) is 9.95. The van der Waals surface area contributed by atoms with Crippen LogP contribution in [0.15, 0.2) is 0 Å². The maximum atomic E-state index is 12.2. The molecule has 0 spiro atoms. The summed E-state index contributed by atoms with van der Waals surface area (Å²) in [6.07, 6.45) is -1.22. The van der Waals surface area contributed by atoms with Crippen molar-refractivity contribution >= 4 is 53.6 Å². The van der Waals surface area contributed by atoms with E-state index in [1.165, 1.54) is 0 Å². The van der Waals surface area contributed by atoms with E-state index < -0.39 is 30.6 Å². The molecule has 1 aliphatic rings. The monoisotopic (exact) mass is 458 g/mol. The van der Waals surface area contributed by atoms with Gasteiger partial charge in [-0.3, -0.25) is 23.4 Å². The van der Waals surface area contributed by atoms with Crippen LogP contribution in [-0.2, 0) is 28.0 Å². The Balaban J connectivity index is 2.23. The molecule has 1 fully saturated rings. The van der Waals surface area contributed by atoms with Crippen LogP contribution in [0.25, 0.3) is 0 Å². The number of hydrogen-bond donors (Lipinski definition) is 4. The first-order chi connectivity index (χ1) is 12.9. The summed E-state index contributed by atoms with van der Waals surface area (Å²) in [5.41, 5.74) is -0.814. The molecule has 11 nitrogen and oxygen atoms in total. The van der Waals surface area contributed by atoms with Crippen LogP contribution >= 0.6 is 31.3 Å². The summed E-state index contributed by atoms with van der Waals surface area (Å²) in [4.78, 5) is 54.9. The zero-order valence-corrected chi connectivity index (χ0v) is 17.9. The van der Waals surface area contributed by atoms with E-state index in [-0.39, 0.29) is 42.9 Å². The number of carbonyl (C=O) groups excluding carboxylic acids is 3. The van der Waals surface area contributed by atoms with Crippen LogP contribution in [0.4, 0.5) is 4.79 Å². The van der Waals surface area contributed by atoms with E-state index >= 15 is 0 Å². The van der Waals surface area contributed by atoms with Crippen LogP contribution < -0.4 is 10.6 Å². The van der Waals surface area contributed by atoms with Gasteiger partial charge in [0.25, 0.3) is 0 Å². The highest BCUT2D eigenvalue weighted by atomic mass is 32.2. The number of hydrogen-bond acceptors (Lipinski definition) is 9. The Morgan fingerprint density at radius 1 is 1.18 bits per heavy atom. The van der Waals surface area contributed by atoms with Gasteiger partial charge < -0.3 is 20.6 Å². The van der Waals surface area contributed by atoms with Crippen molar-refractivity contribution in [3.63, 3.8) is 0 Å². The highest BCUT2D eigenvalue weighted by Crippen LogP contribution is 2.52. The van der Waals surface area contributed by atoms with E-state index in [4.69, 9.17) is 14.2 Å². The molecule has 14 heteroatoms. The number of amides is 2. The smallest absolute Gasteiger partial charge is 0.472 e. The summed E-state index contributed by atoms with van der Waals surface area (Å²) < 4.78 is 21.0. The summed E-state index contributed by atoms with van der Waals surface area (Å²) in [6, 6.07) is 0. The summed E-state index contributed by atoms with van der Waals surface area (Å²) in [6.45, 7) is 3.39. The number of thioether (sulfide) groups is 2. The summed E-state index contributed by atoms with van der Waals surface area (Å²) in [5, 5.41) is 12.1. The molecule has 0 aliphatic carbocycles. The number of carbonyl (C=O) groups is 4. The number of nitrogens with one attached hydrogen (secondary N) is 2. The fourth-order valence-corrected chi connectivity index (χ4v) is 4.42. The Bertz CT molecular complexity index is 659. The molecule has 2 atom stereocenters. The van der Waals surface area contributed by atoms with Gasteiger partial charge in [0.15, 0.2) is 11.2 Å². The predicted molar refractivity (Wildman–Crippen MR) is 103 cm³/mol. The Morgan fingerprint density at radius 3 is 2.50 bits per heavy atom. The first kappa shape index (κ1) is 24.9. The summed E-state index contributed by atoms with van der Waals surface area (Å²) in [5.74, 6) is -0.820. The molecular weight excluding hydrogens is 435 g/mol. The molecule has 1 rings (SSSR count). The van der Waals surface area contributed by atoms with Gasteiger partial charge in [-0.2, -0.15) is 0 Å². The number of phosphoric ester groups is 1. The van der Waals surface area contributed by atoms with Crippen molar-refractivity contribution in [3.05, 3.63) is 0 Å². The van der Waals surface area contributed by atoms with Crippen LogP contribution in [0.1, 0.15) is 20.3 Å². The quantitative estimate of drug-likeness (QED) is 0.285. The van der Waals surface area contributed by atoms with Crippen molar-refractivity contribution in [1.82, 2.24) is 10.6 Å². The molecule has 28 heavy (non-hydrogen) atoms. The lowest BCUT2D eigenvalue weighted by atomic mass is 9.87. The second kappa shape index (κ2) is 11.2. The minimum Gasteiger partial charge on any atom is -0.473 e.